The van der Waals surface area contributed by atoms with Crippen LogP contribution in [0.25, 0.3) is 0 Å². The third-order valence-corrected chi connectivity index (χ3v) is 5.15. The average Bonchev–Trinajstić information content (AvgIpc) is 2.46. The lowest BCUT2D eigenvalue weighted by atomic mass is 10.1. The Morgan fingerprint density at radius 1 is 1.19 bits per heavy atom. The fraction of sp³-hybridized carbons (Fsp3) is 0.0625. The molecule has 1 aliphatic rings. The lowest BCUT2D eigenvalue weighted by Crippen LogP contribution is -2.12. The van der Waals surface area contributed by atoms with Crippen LogP contribution in [0.2, 0.25) is 5.02 Å². The van der Waals surface area contributed by atoms with Crippen LogP contribution < -0.4 is 5.32 Å². The Balaban J connectivity index is 1.94. The summed E-state index contributed by atoms with van der Waals surface area (Å²) in [6, 6.07) is 12.9. The molecule has 0 saturated heterocycles. The maximum Gasteiger partial charge on any atom is 0.201 e. The predicted molar refractivity (Wildman–Crippen MR) is 92.1 cm³/mol. The number of nitrogens with one attached hydrogen (secondary N) is 1. The van der Waals surface area contributed by atoms with Gasteiger partial charge in [-0.2, -0.15) is 0 Å². The first-order valence-corrected chi connectivity index (χ1v) is 8.29. The second-order valence-corrected chi connectivity index (χ2v) is 7.06. The molecule has 0 unspecified atom stereocenters. The van der Waals surface area contributed by atoms with Gasteiger partial charge in [-0.05, 0) is 49.4 Å². The van der Waals surface area contributed by atoms with Gasteiger partial charge < -0.3 is 5.32 Å². The van der Waals surface area contributed by atoms with Crippen LogP contribution in [-0.2, 0) is 0 Å². The number of carbonyl (C=O) groups excluding carboxylic acids is 1. The topological polar surface area (TPSA) is 29.1 Å². The number of Topliss-reactive ketones (excluding diaryl/α,β-unsaturated/α-hetero) is 1. The minimum absolute atomic E-state index is 0.00948. The lowest BCUT2D eigenvalue weighted by molar-refractivity contribution is 0.104. The Morgan fingerprint density at radius 2 is 1.90 bits per heavy atom. The van der Waals surface area contributed by atoms with E-state index in [0.717, 1.165) is 20.8 Å². The number of hydrogen-bond donors (Lipinski definition) is 1. The zero-order valence-corrected chi connectivity index (χ0v) is 14.3. The van der Waals surface area contributed by atoms with Gasteiger partial charge in [0.2, 0.25) is 5.78 Å². The third-order valence-electron chi connectivity index (χ3n) is 3.13. The van der Waals surface area contributed by atoms with Gasteiger partial charge in [-0.3, -0.25) is 4.79 Å². The highest BCUT2D eigenvalue weighted by atomic mass is 79.9. The second-order valence-electron chi connectivity index (χ2n) is 4.66. The van der Waals surface area contributed by atoms with E-state index in [0.29, 0.717) is 15.5 Å². The van der Waals surface area contributed by atoms with Crippen LogP contribution >= 0.6 is 39.3 Å². The highest BCUT2D eigenvalue weighted by Crippen LogP contribution is 2.41. The summed E-state index contributed by atoms with van der Waals surface area (Å²) in [7, 11) is 0. The van der Waals surface area contributed by atoms with Crippen molar-refractivity contribution in [3.63, 3.8) is 0 Å². The van der Waals surface area contributed by atoms with E-state index >= 15 is 0 Å². The number of fused-ring (bicyclic) bond motifs is 1. The van der Waals surface area contributed by atoms with Gasteiger partial charge in [-0.15, -0.1) is 0 Å². The normalized spacial score (nSPS) is 13.7. The molecule has 5 heteroatoms. The Labute approximate surface area is 140 Å². The van der Waals surface area contributed by atoms with Crippen molar-refractivity contribution < 1.29 is 4.79 Å². The summed E-state index contributed by atoms with van der Waals surface area (Å²) in [4.78, 5) is 14.4. The Hall–Kier alpha value is -1.23. The largest absolute Gasteiger partial charge is 0.357 e. The van der Waals surface area contributed by atoms with E-state index in [9.17, 15) is 4.79 Å². The summed E-state index contributed by atoms with van der Waals surface area (Å²) in [5, 5.41) is 3.92. The van der Waals surface area contributed by atoms with Crippen LogP contribution in [0.15, 0.2) is 62.4 Å². The van der Waals surface area contributed by atoms with Crippen molar-refractivity contribution in [3.8, 4) is 0 Å². The number of benzene rings is 2. The van der Waals surface area contributed by atoms with Gasteiger partial charge in [0.25, 0.3) is 0 Å². The van der Waals surface area contributed by atoms with Crippen molar-refractivity contribution in [1.82, 2.24) is 0 Å². The Morgan fingerprint density at radius 3 is 2.62 bits per heavy atom. The number of allylic oxidation sites excluding steroid dienone is 2. The fourth-order valence-electron chi connectivity index (χ4n) is 2.08. The molecule has 2 nitrogen and oxygen atoms in total. The van der Waals surface area contributed by atoms with Crippen LogP contribution in [0.3, 0.4) is 0 Å². The van der Waals surface area contributed by atoms with Crippen LogP contribution in [0.1, 0.15) is 17.3 Å². The number of carbonyl (C=O) groups is 1. The molecular weight excluding hydrogens is 370 g/mol. The summed E-state index contributed by atoms with van der Waals surface area (Å²) < 4.78 is 1.01. The molecule has 0 saturated carbocycles. The van der Waals surface area contributed by atoms with E-state index in [-0.39, 0.29) is 5.78 Å². The Kier molecular flexibility index (Phi) is 4.11. The number of hydrogen-bond acceptors (Lipinski definition) is 3. The zero-order chi connectivity index (χ0) is 15.0. The number of rotatable bonds is 2. The van der Waals surface area contributed by atoms with Crippen LogP contribution in [0.5, 0.6) is 0 Å². The monoisotopic (exact) mass is 379 g/mol. The van der Waals surface area contributed by atoms with Crippen molar-refractivity contribution >= 4 is 50.8 Å². The van der Waals surface area contributed by atoms with E-state index in [4.69, 9.17) is 11.6 Å². The molecule has 1 N–H and O–H groups in total. The molecule has 2 aromatic carbocycles. The number of anilines is 1. The lowest BCUT2D eigenvalue weighted by Gasteiger charge is -2.21. The molecule has 0 atom stereocenters. The van der Waals surface area contributed by atoms with E-state index < -0.39 is 0 Å². The number of halogens is 2. The smallest absolute Gasteiger partial charge is 0.201 e. The fourth-order valence-corrected chi connectivity index (χ4v) is 3.56. The molecule has 0 aliphatic carbocycles. The zero-order valence-electron chi connectivity index (χ0n) is 11.1. The van der Waals surface area contributed by atoms with Gasteiger partial charge in [0.1, 0.15) is 0 Å². The minimum atomic E-state index is 0.00948. The van der Waals surface area contributed by atoms with E-state index in [1.165, 1.54) is 11.8 Å². The van der Waals surface area contributed by atoms with Gasteiger partial charge >= 0.3 is 0 Å². The maximum atomic E-state index is 12.6. The third kappa shape index (κ3) is 3.03. The van der Waals surface area contributed by atoms with Crippen LogP contribution in [0, 0.1) is 0 Å². The summed E-state index contributed by atoms with van der Waals surface area (Å²) >= 11 is 10.8. The van der Waals surface area contributed by atoms with Crippen molar-refractivity contribution in [2.24, 2.45) is 0 Å². The van der Waals surface area contributed by atoms with E-state index in [2.05, 4.69) is 21.2 Å². The van der Waals surface area contributed by atoms with Crippen molar-refractivity contribution in [2.45, 2.75) is 11.8 Å². The van der Waals surface area contributed by atoms with Crippen LogP contribution in [0.4, 0.5) is 5.69 Å². The molecule has 106 valence electrons. The average molecular weight is 381 g/mol. The maximum absolute atomic E-state index is 12.6. The minimum Gasteiger partial charge on any atom is -0.357 e. The van der Waals surface area contributed by atoms with Gasteiger partial charge in [0.15, 0.2) is 0 Å². The predicted octanol–water partition coefficient (Wildman–Crippen LogP) is 5.73. The molecule has 1 aliphatic heterocycles. The SMILES string of the molecule is CC1=C(C(=O)c2ccc(Cl)cc2)Sc2ccc(Br)cc2N1. The van der Waals surface area contributed by atoms with Crippen molar-refractivity contribution in [3.05, 3.63) is 68.1 Å². The highest BCUT2D eigenvalue weighted by molar-refractivity contribution is 9.10. The van der Waals surface area contributed by atoms with Gasteiger partial charge in [0.05, 0.1) is 10.6 Å². The molecule has 2 aromatic rings. The molecule has 0 aromatic heterocycles. The van der Waals surface area contributed by atoms with Crippen molar-refractivity contribution in [2.75, 3.05) is 5.32 Å². The molecule has 21 heavy (non-hydrogen) atoms. The quantitative estimate of drug-likeness (QED) is 0.674. The standard InChI is InChI=1S/C16H11BrClNOS/c1-9-16(15(20)10-2-5-12(18)6-3-10)21-14-7-4-11(17)8-13(14)19-9/h2-8,19H,1H3. The molecule has 1 heterocycles. The Bertz CT molecular complexity index is 755. The van der Waals surface area contributed by atoms with E-state index in [1.807, 2.05) is 25.1 Å². The first kappa shape index (κ1) is 14.7. The van der Waals surface area contributed by atoms with Crippen molar-refractivity contribution in [1.29, 1.82) is 0 Å². The molecular formula is C16H11BrClNOS. The number of ketones is 1. The molecule has 0 amide bonds. The number of thioether (sulfide) groups is 1. The van der Waals surface area contributed by atoms with Gasteiger partial charge in [-0.25, -0.2) is 0 Å². The summed E-state index contributed by atoms with van der Waals surface area (Å²) in [6.07, 6.45) is 0. The molecule has 0 bridgehead atoms. The first-order valence-electron chi connectivity index (χ1n) is 6.30. The molecule has 3 rings (SSSR count). The molecule has 0 fully saturated rings. The summed E-state index contributed by atoms with van der Waals surface area (Å²) in [5.74, 6) is 0.00948. The summed E-state index contributed by atoms with van der Waals surface area (Å²) in [5.41, 5.74) is 2.52. The first-order chi connectivity index (χ1) is 10.0. The summed E-state index contributed by atoms with van der Waals surface area (Å²) in [6.45, 7) is 1.92. The second kappa shape index (κ2) is 5.87. The highest BCUT2D eigenvalue weighted by Gasteiger charge is 2.22. The van der Waals surface area contributed by atoms with Gasteiger partial charge in [-0.1, -0.05) is 39.3 Å². The van der Waals surface area contributed by atoms with E-state index in [1.54, 1.807) is 24.3 Å². The van der Waals surface area contributed by atoms with Crippen LogP contribution in [-0.4, -0.2) is 5.78 Å². The molecule has 0 spiro atoms. The molecule has 0 radical (unpaired) electrons. The van der Waals surface area contributed by atoms with Gasteiger partial charge in [0, 0.05) is 25.7 Å².